The van der Waals surface area contributed by atoms with Crippen molar-refractivity contribution in [1.29, 1.82) is 0 Å². The Balaban J connectivity index is 1.39. The van der Waals surface area contributed by atoms with Gasteiger partial charge < -0.3 is 18.3 Å². The number of fused-ring (bicyclic) bond motifs is 1. The van der Waals surface area contributed by atoms with Gasteiger partial charge >= 0.3 is 6.16 Å². The first kappa shape index (κ1) is 18.4. The Bertz CT molecular complexity index is 468. The Morgan fingerprint density at radius 2 is 1.75 bits per heavy atom. The van der Waals surface area contributed by atoms with E-state index in [0.717, 1.165) is 18.4 Å². The first-order valence-corrected chi connectivity index (χ1v) is 15.6. The van der Waals surface area contributed by atoms with Gasteiger partial charge in [0.05, 0.1) is 12.2 Å². The van der Waals surface area contributed by atoms with E-state index in [4.69, 9.17) is 18.3 Å². The van der Waals surface area contributed by atoms with Crippen molar-refractivity contribution in [3.63, 3.8) is 0 Å². The van der Waals surface area contributed by atoms with Crippen LogP contribution in [-0.2, 0) is 18.3 Å². The molecule has 1 aliphatic carbocycles. The summed E-state index contributed by atoms with van der Waals surface area (Å²) in [5.74, 6) is 0.837. The van der Waals surface area contributed by atoms with Crippen molar-refractivity contribution >= 4 is 22.8 Å². The lowest BCUT2D eigenvalue weighted by Gasteiger charge is -2.35. The lowest BCUT2D eigenvalue weighted by atomic mass is 9.88. The summed E-state index contributed by atoms with van der Waals surface area (Å²) in [4.78, 5) is 11.0. The zero-order valence-electron chi connectivity index (χ0n) is 15.5. The highest BCUT2D eigenvalue weighted by Crippen LogP contribution is 2.41. The Kier molecular flexibility index (Phi) is 5.44. The fourth-order valence-corrected chi connectivity index (χ4v) is 13.1. The van der Waals surface area contributed by atoms with Gasteiger partial charge in [-0.1, -0.05) is 6.42 Å². The molecule has 4 atom stereocenters. The van der Waals surface area contributed by atoms with Crippen LogP contribution in [0.5, 0.6) is 0 Å². The molecule has 7 heteroatoms. The van der Waals surface area contributed by atoms with Crippen LogP contribution < -0.4 is 0 Å². The van der Waals surface area contributed by atoms with Crippen molar-refractivity contribution < 1.29 is 23.1 Å². The van der Waals surface area contributed by atoms with Gasteiger partial charge in [0.2, 0.25) is 0 Å². The van der Waals surface area contributed by atoms with Gasteiger partial charge in [-0.3, -0.25) is 0 Å². The summed E-state index contributed by atoms with van der Waals surface area (Å²) < 4.78 is 22.3. The molecule has 5 nitrogen and oxygen atoms in total. The molecule has 0 aromatic carbocycles. The van der Waals surface area contributed by atoms with Crippen LogP contribution in [0, 0.1) is 5.92 Å². The van der Waals surface area contributed by atoms with E-state index in [2.05, 4.69) is 26.2 Å². The molecule has 3 rings (SSSR count). The normalized spacial score (nSPS) is 32.9. The van der Waals surface area contributed by atoms with Gasteiger partial charge in [0, 0.05) is 0 Å². The maximum Gasteiger partial charge on any atom is 0.508 e. The number of carbonyl (C=O) groups excluding carboxylic acids is 1. The summed E-state index contributed by atoms with van der Waals surface area (Å²) in [6, 6.07) is 2.26. The van der Waals surface area contributed by atoms with Crippen LogP contribution >= 0.6 is 0 Å². The number of hydrogen-bond acceptors (Lipinski definition) is 5. The Labute approximate surface area is 147 Å². The molecule has 3 fully saturated rings. The highest BCUT2D eigenvalue weighted by Gasteiger charge is 2.44. The predicted octanol–water partition coefficient (Wildman–Crippen LogP) is 4.30. The molecule has 3 aliphatic rings. The van der Waals surface area contributed by atoms with E-state index in [-0.39, 0.29) is 6.10 Å². The topological polar surface area (TPSA) is 57.3 Å². The van der Waals surface area contributed by atoms with Gasteiger partial charge in [-0.05, 0) is 69.9 Å². The fourth-order valence-electron chi connectivity index (χ4n) is 4.17. The van der Waals surface area contributed by atoms with Crippen LogP contribution in [0.2, 0.25) is 38.3 Å². The van der Waals surface area contributed by atoms with Crippen LogP contribution in [0.3, 0.4) is 0 Å². The molecular formula is C17H32O5Si2. The van der Waals surface area contributed by atoms with E-state index in [1.54, 1.807) is 0 Å². The standard InChI is InChI=1S/C17H32O5Si2/c1-23(2,9-7-13-5-6-15-16(11-13)21-15)22-24(3,4)10-8-14-12-19-17(18)20-14/h13-16H,5-12H2,1-4H3. The third-order valence-electron chi connectivity index (χ3n) is 5.54. The first-order chi connectivity index (χ1) is 11.2. The maximum absolute atomic E-state index is 11.0. The van der Waals surface area contributed by atoms with Crippen LogP contribution in [0.4, 0.5) is 4.79 Å². The maximum atomic E-state index is 11.0. The zero-order valence-corrected chi connectivity index (χ0v) is 17.5. The number of carbonyl (C=O) groups is 1. The molecular weight excluding hydrogens is 340 g/mol. The van der Waals surface area contributed by atoms with Crippen molar-refractivity contribution in [2.24, 2.45) is 5.92 Å². The van der Waals surface area contributed by atoms with E-state index in [9.17, 15) is 4.79 Å². The molecule has 0 aromatic heterocycles. The molecule has 0 amide bonds. The van der Waals surface area contributed by atoms with E-state index in [1.807, 2.05) is 0 Å². The molecule has 2 saturated heterocycles. The first-order valence-electron chi connectivity index (χ1n) is 9.41. The summed E-state index contributed by atoms with van der Waals surface area (Å²) in [6.45, 7) is 9.71. The van der Waals surface area contributed by atoms with E-state index < -0.39 is 22.8 Å². The highest BCUT2D eigenvalue weighted by atomic mass is 28.4. The largest absolute Gasteiger partial charge is 0.508 e. The van der Waals surface area contributed by atoms with E-state index in [0.29, 0.717) is 18.8 Å². The smallest absolute Gasteiger partial charge is 0.455 e. The minimum Gasteiger partial charge on any atom is -0.455 e. The number of hydrogen-bond donors (Lipinski definition) is 0. The van der Waals surface area contributed by atoms with Gasteiger partial charge in [-0.2, -0.15) is 0 Å². The summed E-state index contributed by atoms with van der Waals surface area (Å²) >= 11 is 0. The second-order valence-electron chi connectivity index (χ2n) is 8.89. The average molecular weight is 373 g/mol. The molecule has 0 radical (unpaired) electrons. The summed E-state index contributed by atoms with van der Waals surface area (Å²) in [5, 5.41) is 0. The molecule has 1 saturated carbocycles. The van der Waals surface area contributed by atoms with Gasteiger partial charge in [-0.15, -0.1) is 0 Å². The van der Waals surface area contributed by atoms with Crippen LogP contribution in [0.15, 0.2) is 0 Å². The SMILES string of the molecule is C[Si](C)(CCC1CCC2OC2C1)O[Si](C)(C)CCC1COC(=O)O1. The minimum absolute atomic E-state index is 0.0774. The Morgan fingerprint density at radius 3 is 2.38 bits per heavy atom. The zero-order chi connectivity index (χ0) is 17.4. The second kappa shape index (κ2) is 7.09. The molecule has 2 aliphatic heterocycles. The second-order valence-corrected chi connectivity index (χ2v) is 17.7. The van der Waals surface area contributed by atoms with Crippen molar-refractivity contribution in [1.82, 2.24) is 0 Å². The number of ether oxygens (including phenoxy) is 3. The van der Waals surface area contributed by atoms with Crippen molar-refractivity contribution in [3.05, 3.63) is 0 Å². The molecule has 0 N–H and O–H groups in total. The van der Waals surface area contributed by atoms with Crippen molar-refractivity contribution in [2.45, 2.75) is 88.7 Å². The third kappa shape index (κ3) is 5.31. The van der Waals surface area contributed by atoms with Crippen LogP contribution in [0.25, 0.3) is 0 Å². The quantitative estimate of drug-likeness (QED) is 0.361. The molecule has 0 aromatic rings. The Hall–Kier alpha value is -0.376. The van der Waals surface area contributed by atoms with Crippen LogP contribution in [-0.4, -0.2) is 47.7 Å². The number of rotatable bonds is 8. The van der Waals surface area contributed by atoms with Gasteiger partial charge in [0.25, 0.3) is 0 Å². The number of epoxide rings is 1. The molecule has 24 heavy (non-hydrogen) atoms. The predicted molar refractivity (Wildman–Crippen MR) is 97.1 cm³/mol. The van der Waals surface area contributed by atoms with E-state index >= 15 is 0 Å². The molecule has 0 bridgehead atoms. The lowest BCUT2D eigenvalue weighted by Crippen LogP contribution is -2.44. The van der Waals surface area contributed by atoms with Crippen molar-refractivity contribution in [3.8, 4) is 0 Å². The average Bonchev–Trinajstić information content (AvgIpc) is 3.14. The molecule has 138 valence electrons. The van der Waals surface area contributed by atoms with E-state index in [1.165, 1.54) is 31.7 Å². The monoisotopic (exact) mass is 372 g/mol. The summed E-state index contributed by atoms with van der Waals surface area (Å²) in [6.07, 6.45) is 6.60. The number of cyclic esters (lactones) is 2. The molecule has 0 spiro atoms. The van der Waals surface area contributed by atoms with Gasteiger partial charge in [0.1, 0.15) is 12.7 Å². The van der Waals surface area contributed by atoms with Crippen molar-refractivity contribution in [2.75, 3.05) is 6.61 Å². The van der Waals surface area contributed by atoms with Gasteiger partial charge in [-0.25, -0.2) is 4.79 Å². The summed E-state index contributed by atoms with van der Waals surface area (Å²) in [7, 11) is -3.37. The fraction of sp³-hybridized carbons (Fsp3) is 0.941. The van der Waals surface area contributed by atoms with Gasteiger partial charge in [0.15, 0.2) is 16.6 Å². The Morgan fingerprint density at radius 1 is 1.04 bits per heavy atom. The molecule has 4 unspecified atom stereocenters. The highest BCUT2D eigenvalue weighted by molar-refractivity contribution is 6.84. The van der Waals surface area contributed by atoms with Crippen LogP contribution in [0.1, 0.15) is 32.1 Å². The lowest BCUT2D eigenvalue weighted by molar-refractivity contribution is 0.117. The summed E-state index contributed by atoms with van der Waals surface area (Å²) in [5.41, 5.74) is 0. The third-order valence-corrected chi connectivity index (χ3v) is 12.9. The molecule has 2 heterocycles. The minimum atomic E-state index is -1.73.